The fraction of sp³-hybridized carbons (Fsp3) is 0.400. The van der Waals surface area contributed by atoms with E-state index in [1.807, 2.05) is 26.0 Å². The van der Waals surface area contributed by atoms with Crippen molar-refractivity contribution in [3.8, 4) is 17.2 Å². The number of allylic oxidation sites excluding steroid dienone is 1. The molecule has 2 aromatic rings. The lowest BCUT2D eigenvalue weighted by molar-refractivity contribution is -0.131. The van der Waals surface area contributed by atoms with Gasteiger partial charge in [-0.2, -0.15) is 0 Å². The summed E-state index contributed by atoms with van der Waals surface area (Å²) in [4.78, 5) is 23.7. The van der Waals surface area contributed by atoms with Gasteiger partial charge in [-0.1, -0.05) is 25.1 Å². The second kappa shape index (κ2) is 9.08. The van der Waals surface area contributed by atoms with Crippen LogP contribution >= 0.6 is 0 Å². The Balaban J connectivity index is 2.52. The summed E-state index contributed by atoms with van der Waals surface area (Å²) in [6.45, 7) is 7.34. The summed E-state index contributed by atoms with van der Waals surface area (Å²) in [6.07, 6.45) is 5.48. The van der Waals surface area contributed by atoms with Crippen LogP contribution in [0.1, 0.15) is 40.5 Å². The Hall–Kier alpha value is -2.76. The van der Waals surface area contributed by atoms with E-state index in [0.29, 0.717) is 24.2 Å². The van der Waals surface area contributed by atoms with Gasteiger partial charge in [0, 0.05) is 6.92 Å². The third-order valence-electron chi connectivity index (χ3n) is 3.35. The Bertz CT molecular complexity index is 847. The minimum absolute atomic E-state index is 0.0203. The normalized spacial score (nSPS) is 11.3. The Labute approximate surface area is 152 Å². The average molecular weight is 360 g/mol. The molecule has 0 radical (unpaired) electrons. The van der Waals surface area contributed by atoms with Gasteiger partial charge in [-0.3, -0.25) is 4.79 Å². The summed E-state index contributed by atoms with van der Waals surface area (Å²) in [6, 6.07) is 4.99. The van der Waals surface area contributed by atoms with Crippen LogP contribution in [-0.2, 0) is 4.79 Å². The molecule has 0 aliphatic rings. The minimum Gasteiger partial charge on any atom is -0.488 e. The predicted octanol–water partition coefficient (Wildman–Crippen LogP) is 4.24. The highest BCUT2D eigenvalue weighted by molar-refractivity contribution is 5.91. The first-order valence-corrected chi connectivity index (χ1v) is 8.66. The molecule has 6 heteroatoms. The first-order valence-electron chi connectivity index (χ1n) is 8.66. The molecule has 0 saturated carbocycles. The molecule has 0 saturated heterocycles. The molecule has 1 aromatic carbocycles. The van der Waals surface area contributed by atoms with Crippen LogP contribution in [0.25, 0.3) is 11.0 Å². The van der Waals surface area contributed by atoms with Gasteiger partial charge in [-0.15, -0.1) is 0 Å². The smallest absolute Gasteiger partial charge is 0.383 e. The summed E-state index contributed by atoms with van der Waals surface area (Å²) in [5, 5.41) is 0.512. The molecule has 6 nitrogen and oxygen atoms in total. The maximum absolute atomic E-state index is 12.4. The molecule has 0 spiro atoms. The molecule has 1 aromatic heterocycles. The lowest BCUT2D eigenvalue weighted by atomic mass is 10.2. The Morgan fingerprint density at radius 3 is 2.65 bits per heavy atom. The Morgan fingerprint density at radius 2 is 2.00 bits per heavy atom. The highest BCUT2D eigenvalue weighted by Gasteiger charge is 2.21. The molecular formula is C20H24O6. The molecule has 140 valence electrons. The quantitative estimate of drug-likeness (QED) is 0.230. The second-order valence-corrected chi connectivity index (χ2v) is 5.96. The van der Waals surface area contributed by atoms with Gasteiger partial charge in [0.2, 0.25) is 5.75 Å². The van der Waals surface area contributed by atoms with E-state index in [9.17, 15) is 9.59 Å². The van der Waals surface area contributed by atoms with Gasteiger partial charge < -0.3 is 18.6 Å². The first kappa shape index (κ1) is 19.6. The maximum atomic E-state index is 12.4. The molecule has 2 rings (SSSR count). The summed E-state index contributed by atoms with van der Waals surface area (Å²) in [7, 11) is 0. The third kappa shape index (κ3) is 4.88. The number of benzene rings is 1. The monoisotopic (exact) mass is 360 g/mol. The first-order chi connectivity index (χ1) is 12.4. The highest BCUT2D eigenvalue weighted by atomic mass is 16.6. The number of esters is 1. The molecule has 0 unspecified atom stereocenters. The number of hydrogen-bond acceptors (Lipinski definition) is 6. The second-order valence-electron chi connectivity index (χ2n) is 5.96. The average Bonchev–Trinajstić information content (AvgIpc) is 2.57. The van der Waals surface area contributed by atoms with Crippen molar-refractivity contribution in [2.24, 2.45) is 0 Å². The van der Waals surface area contributed by atoms with E-state index >= 15 is 0 Å². The van der Waals surface area contributed by atoms with Crippen LogP contribution in [0.15, 0.2) is 39.6 Å². The topological polar surface area (TPSA) is 75.0 Å². The fourth-order valence-corrected chi connectivity index (χ4v) is 2.38. The number of hydrogen-bond donors (Lipinski definition) is 0. The molecule has 0 atom stereocenters. The highest BCUT2D eigenvalue weighted by Crippen LogP contribution is 2.37. The molecule has 0 bridgehead atoms. The molecule has 26 heavy (non-hydrogen) atoms. The van der Waals surface area contributed by atoms with Gasteiger partial charge in [0.25, 0.3) is 0 Å². The summed E-state index contributed by atoms with van der Waals surface area (Å²) >= 11 is 0. The molecule has 0 amide bonds. The van der Waals surface area contributed by atoms with Gasteiger partial charge in [-0.05, 0) is 38.8 Å². The Morgan fingerprint density at radius 1 is 1.23 bits per heavy atom. The van der Waals surface area contributed by atoms with E-state index in [1.54, 1.807) is 18.2 Å². The number of ether oxygens (including phenoxy) is 3. The van der Waals surface area contributed by atoms with Crippen molar-refractivity contribution in [3.63, 3.8) is 0 Å². The summed E-state index contributed by atoms with van der Waals surface area (Å²) in [5.74, 6) is -0.0236. The van der Waals surface area contributed by atoms with Gasteiger partial charge in [0.15, 0.2) is 17.1 Å². The van der Waals surface area contributed by atoms with Gasteiger partial charge in [0.1, 0.15) is 0 Å². The number of rotatable bonds is 8. The largest absolute Gasteiger partial charge is 0.488 e. The number of carbonyl (C=O) groups is 1. The lowest BCUT2D eigenvalue weighted by Gasteiger charge is -2.16. The van der Waals surface area contributed by atoms with Gasteiger partial charge in [-0.25, -0.2) is 4.79 Å². The lowest BCUT2D eigenvalue weighted by Crippen LogP contribution is -2.16. The standard InChI is InChI=1S/C20H24O6/c1-5-6-7-8-12-23-18-15-10-9-11-16(25-14(4)21)17(15)26-20(22)19(18)24-13(2)3/h6-7,9-11,13H,5,8,12H2,1-4H3/b7-6+. The third-order valence-corrected chi connectivity index (χ3v) is 3.35. The molecule has 1 heterocycles. The fourth-order valence-electron chi connectivity index (χ4n) is 2.38. The molecule has 0 fully saturated rings. The maximum Gasteiger partial charge on any atom is 0.383 e. The van der Waals surface area contributed by atoms with Crippen LogP contribution in [0, 0.1) is 0 Å². The molecule has 0 aliphatic carbocycles. The molecule has 0 N–H and O–H groups in total. The SMILES string of the molecule is CC/C=C/CCOc1c(OC(C)C)c(=O)oc2c(OC(C)=O)cccc12. The van der Waals surface area contributed by atoms with Crippen LogP contribution in [0.5, 0.6) is 17.2 Å². The van der Waals surface area contributed by atoms with Crippen LogP contribution in [-0.4, -0.2) is 18.7 Å². The predicted molar refractivity (Wildman–Crippen MR) is 99.1 cm³/mol. The van der Waals surface area contributed by atoms with Crippen molar-refractivity contribution in [2.45, 2.75) is 46.6 Å². The van der Waals surface area contributed by atoms with Gasteiger partial charge >= 0.3 is 11.6 Å². The van der Waals surface area contributed by atoms with E-state index in [2.05, 4.69) is 6.92 Å². The van der Waals surface area contributed by atoms with E-state index in [0.717, 1.165) is 6.42 Å². The number of para-hydroxylation sites is 1. The van der Waals surface area contributed by atoms with Crippen molar-refractivity contribution in [1.82, 2.24) is 0 Å². The zero-order valence-corrected chi connectivity index (χ0v) is 15.5. The van der Waals surface area contributed by atoms with Crippen molar-refractivity contribution < 1.29 is 23.4 Å². The zero-order chi connectivity index (χ0) is 19.1. The number of carbonyl (C=O) groups excluding carboxylic acids is 1. The van der Waals surface area contributed by atoms with E-state index in [4.69, 9.17) is 18.6 Å². The van der Waals surface area contributed by atoms with Crippen LogP contribution in [0.4, 0.5) is 0 Å². The van der Waals surface area contributed by atoms with E-state index in [1.165, 1.54) is 6.92 Å². The van der Waals surface area contributed by atoms with Crippen molar-refractivity contribution in [2.75, 3.05) is 6.61 Å². The zero-order valence-electron chi connectivity index (χ0n) is 15.5. The summed E-state index contributed by atoms with van der Waals surface area (Å²) in [5.41, 5.74) is -0.521. The molecular weight excluding hydrogens is 336 g/mol. The van der Waals surface area contributed by atoms with E-state index < -0.39 is 11.6 Å². The van der Waals surface area contributed by atoms with Gasteiger partial charge in [0.05, 0.1) is 18.1 Å². The number of fused-ring (bicyclic) bond motifs is 1. The van der Waals surface area contributed by atoms with Crippen molar-refractivity contribution in [1.29, 1.82) is 0 Å². The van der Waals surface area contributed by atoms with Crippen LogP contribution in [0.3, 0.4) is 0 Å². The van der Waals surface area contributed by atoms with E-state index in [-0.39, 0.29) is 23.2 Å². The molecule has 0 aliphatic heterocycles. The van der Waals surface area contributed by atoms with Crippen molar-refractivity contribution in [3.05, 3.63) is 40.8 Å². The minimum atomic E-state index is -0.676. The Kier molecular flexibility index (Phi) is 6.83. The van der Waals surface area contributed by atoms with Crippen molar-refractivity contribution >= 4 is 16.9 Å². The summed E-state index contributed by atoms with van der Waals surface area (Å²) < 4.78 is 22.0. The van der Waals surface area contributed by atoms with Crippen LogP contribution < -0.4 is 19.8 Å². The van der Waals surface area contributed by atoms with Crippen LogP contribution in [0.2, 0.25) is 0 Å².